The van der Waals surface area contributed by atoms with Gasteiger partial charge in [0.2, 0.25) is 11.8 Å². The molecule has 0 saturated heterocycles. The van der Waals surface area contributed by atoms with Gasteiger partial charge in [-0.1, -0.05) is 0 Å². The second kappa shape index (κ2) is 4.93. The van der Waals surface area contributed by atoms with Gasteiger partial charge in [0.15, 0.2) is 9.84 Å². The lowest BCUT2D eigenvalue weighted by Gasteiger charge is -2.12. The van der Waals surface area contributed by atoms with Crippen molar-refractivity contribution in [3.8, 4) is 5.88 Å². The van der Waals surface area contributed by atoms with Crippen molar-refractivity contribution >= 4 is 15.8 Å². The highest BCUT2D eigenvalue weighted by Crippen LogP contribution is 2.14. The molecule has 1 N–H and O–H groups in total. The first-order valence-electron chi connectivity index (χ1n) is 5.62. The molecule has 18 heavy (non-hydrogen) atoms. The number of aromatic nitrogens is 2. The summed E-state index contributed by atoms with van der Waals surface area (Å²) in [6.45, 7) is 3.81. The zero-order valence-electron chi connectivity index (χ0n) is 10.2. The fourth-order valence-electron chi connectivity index (χ4n) is 1.55. The van der Waals surface area contributed by atoms with Gasteiger partial charge in [0.05, 0.1) is 17.9 Å². The average Bonchev–Trinajstić information content (AvgIpc) is 2.57. The molecule has 0 saturated carbocycles. The molecule has 98 valence electrons. The highest BCUT2D eigenvalue weighted by Gasteiger charge is 2.22. The zero-order chi connectivity index (χ0) is 13.2. The second-order valence-electron chi connectivity index (χ2n) is 4.29. The smallest absolute Gasteiger partial charge is 0.226 e. The van der Waals surface area contributed by atoms with Crippen LogP contribution >= 0.6 is 0 Å². The van der Waals surface area contributed by atoms with Crippen molar-refractivity contribution in [2.24, 2.45) is 0 Å². The molecule has 2 rings (SSSR count). The Balaban J connectivity index is 2.04. The maximum Gasteiger partial charge on any atom is 0.226 e. The van der Waals surface area contributed by atoms with Crippen molar-refractivity contribution in [1.82, 2.24) is 9.97 Å². The highest BCUT2D eigenvalue weighted by molar-refractivity contribution is 7.94. The van der Waals surface area contributed by atoms with Crippen molar-refractivity contribution < 1.29 is 13.2 Å². The van der Waals surface area contributed by atoms with Gasteiger partial charge in [0.1, 0.15) is 0 Å². The Kier molecular flexibility index (Phi) is 3.51. The van der Waals surface area contributed by atoms with Crippen molar-refractivity contribution in [2.75, 3.05) is 11.1 Å². The van der Waals surface area contributed by atoms with Crippen molar-refractivity contribution in [3.63, 3.8) is 0 Å². The van der Waals surface area contributed by atoms with Crippen LogP contribution in [-0.4, -0.2) is 36.3 Å². The van der Waals surface area contributed by atoms with Crippen LogP contribution in [0.25, 0.3) is 0 Å². The number of sulfone groups is 1. The maximum absolute atomic E-state index is 11.3. The van der Waals surface area contributed by atoms with Crippen LogP contribution < -0.4 is 10.1 Å². The van der Waals surface area contributed by atoms with Crippen LogP contribution in [0.5, 0.6) is 5.88 Å². The van der Waals surface area contributed by atoms with E-state index in [1.807, 2.05) is 13.8 Å². The topological polar surface area (TPSA) is 81.2 Å². The molecular formula is C11H15N3O3S. The summed E-state index contributed by atoms with van der Waals surface area (Å²) in [5.74, 6) is 0.860. The minimum Gasteiger partial charge on any atom is -0.475 e. The lowest BCUT2D eigenvalue weighted by molar-refractivity contribution is 0.232. The van der Waals surface area contributed by atoms with Gasteiger partial charge < -0.3 is 10.1 Å². The van der Waals surface area contributed by atoms with Gasteiger partial charge in [-0.15, -0.1) is 0 Å². The van der Waals surface area contributed by atoms with Gasteiger partial charge in [-0.25, -0.2) is 13.4 Å². The van der Waals surface area contributed by atoms with E-state index in [-0.39, 0.29) is 17.9 Å². The molecule has 0 radical (unpaired) electrons. The lowest BCUT2D eigenvalue weighted by Crippen LogP contribution is -2.22. The van der Waals surface area contributed by atoms with E-state index in [1.165, 1.54) is 5.41 Å². The molecule has 1 aromatic heterocycles. The molecule has 6 nitrogen and oxygen atoms in total. The summed E-state index contributed by atoms with van der Waals surface area (Å²) in [5.41, 5.74) is 0. The lowest BCUT2D eigenvalue weighted by atomic mass is 10.3. The van der Waals surface area contributed by atoms with Gasteiger partial charge >= 0.3 is 0 Å². The minimum atomic E-state index is -3.07. The standard InChI is InChI=1S/C11H15N3O3S/c1-8(2)17-10-3-5-12-11(14-10)13-9-4-6-18(15,16)7-9/h3-6,8-9H,7H2,1-2H3,(H,12,13,14). The van der Waals surface area contributed by atoms with Crippen LogP contribution in [0.3, 0.4) is 0 Å². The molecule has 0 bridgehead atoms. The summed E-state index contributed by atoms with van der Waals surface area (Å²) in [6.07, 6.45) is 3.19. The van der Waals surface area contributed by atoms with Gasteiger partial charge in [-0.3, -0.25) is 0 Å². The van der Waals surface area contributed by atoms with E-state index >= 15 is 0 Å². The molecular weight excluding hydrogens is 254 g/mol. The first-order valence-corrected chi connectivity index (χ1v) is 7.33. The number of ether oxygens (including phenoxy) is 1. The van der Waals surface area contributed by atoms with E-state index in [1.54, 1.807) is 18.3 Å². The molecule has 1 atom stereocenters. The minimum absolute atomic E-state index is 0.0273. The van der Waals surface area contributed by atoms with E-state index < -0.39 is 9.84 Å². The normalized spacial score (nSPS) is 21.2. The first-order chi connectivity index (χ1) is 8.44. The van der Waals surface area contributed by atoms with E-state index in [0.29, 0.717) is 11.8 Å². The molecule has 0 spiro atoms. The van der Waals surface area contributed by atoms with Crippen molar-refractivity contribution in [1.29, 1.82) is 0 Å². The molecule has 0 fully saturated rings. The van der Waals surface area contributed by atoms with Gasteiger partial charge in [-0.05, 0) is 19.9 Å². The third-order valence-corrected chi connectivity index (χ3v) is 3.63. The largest absolute Gasteiger partial charge is 0.475 e. The van der Waals surface area contributed by atoms with Crippen molar-refractivity contribution in [2.45, 2.75) is 26.0 Å². The van der Waals surface area contributed by atoms with Crippen LogP contribution in [0.15, 0.2) is 23.7 Å². The number of hydrogen-bond donors (Lipinski definition) is 1. The molecule has 1 aliphatic rings. The first kappa shape index (κ1) is 12.8. The summed E-state index contributed by atoms with van der Waals surface area (Å²) >= 11 is 0. The van der Waals surface area contributed by atoms with Crippen LogP contribution in [0.1, 0.15) is 13.8 Å². The predicted octanol–water partition coefficient (Wildman–Crippen LogP) is 0.986. The second-order valence-corrected chi connectivity index (χ2v) is 6.23. The Morgan fingerprint density at radius 1 is 1.50 bits per heavy atom. The quantitative estimate of drug-likeness (QED) is 0.877. The summed E-state index contributed by atoms with van der Waals surface area (Å²) in [4.78, 5) is 8.18. The number of hydrogen-bond acceptors (Lipinski definition) is 6. The van der Waals surface area contributed by atoms with Crippen LogP contribution in [0.4, 0.5) is 5.95 Å². The Hall–Kier alpha value is -1.63. The number of nitrogens with zero attached hydrogens (tertiary/aromatic N) is 2. The number of anilines is 1. The third-order valence-electron chi connectivity index (χ3n) is 2.23. The van der Waals surface area contributed by atoms with Gasteiger partial charge in [0.25, 0.3) is 0 Å². The van der Waals surface area contributed by atoms with Crippen molar-refractivity contribution in [3.05, 3.63) is 23.7 Å². The molecule has 1 aromatic rings. The molecule has 7 heteroatoms. The molecule has 1 unspecified atom stereocenters. The summed E-state index contributed by atoms with van der Waals surface area (Å²) < 4.78 is 27.9. The van der Waals surface area contributed by atoms with E-state index in [0.717, 1.165) is 0 Å². The van der Waals surface area contributed by atoms with E-state index in [2.05, 4.69) is 15.3 Å². The Morgan fingerprint density at radius 3 is 2.89 bits per heavy atom. The summed E-state index contributed by atoms with van der Waals surface area (Å²) in [7, 11) is -3.07. The highest BCUT2D eigenvalue weighted by atomic mass is 32.2. The monoisotopic (exact) mass is 269 g/mol. The van der Waals surface area contributed by atoms with Crippen LogP contribution in [-0.2, 0) is 9.84 Å². The maximum atomic E-state index is 11.3. The SMILES string of the molecule is CC(C)Oc1ccnc(NC2C=CS(=O)(=O)C2)n1. The predicted molar refractivity (Wildman–Crippen MR) is 68.1 cm³/mol. The van der Waals surface area contributed by atoms with Gasteiger partial charge in [-0.2, -0.15) is 4.98 Å². The van der Waals surface area contributed by atoms with E-state index in [4.69, 9.17) is 4.74 Å². The molecule has 0 aliphatic carbocycles. The summed E-state index contributed by atoms with van der Waals surface area (Å²) in [6, 6.07) is 1.37. The zero-order valence-corrected chi connectivity index (χ0v) is 11.0. The van der Waals surface area contributed by atoms with Crippen LogP contribution in [0.2, 0.25) is 0 Å². The van der Waals surface area contributed by atoms with Crippen LogP contribution in [0, 0.1) is 0 Å². The molecule has 0 amide bonds. The summed E-state index contributed by atoms with van der Waals surface area (Å²) in [5, 5.41) is 4.15. The molecule has 2 heterocycles. The molecule has 1 aliphatic heterocycles. The number of nitrogens with one attached hydrogen (secondary N) is 1. The Labute approximate surface area is 106 Å². The van der Waals surface area contributed by atoms with E-state index in [9.17, 15) is 8.42 Å². The third kappa shape index (κ3) is 3.43. The Morgan fingerprint density at radius 2 is 2.28 bits per heavy atom. The fraction of sp³-hybridized carbons (Fsp3) is 0.455. The van der Waals surface area contributed by atoms with Gasteiger partial charge in [0, 0.05) is 17.7 Å². The average molecular weight is 269 g/mol. The fourth-order valence-corrected chi connectivity index (χ4v) is 2.79. The molecule has 0 aromatic carbocycles. The number of rotatable bonds is 4. The Bertz CT molecular complexity index is 554.